The summed E-state index contributed by atoms with van der Waals surface area (Å²) in [6.45, 7) is 3.80. The van der Waals surface area contributed by atoms with E-state index in [1.54, 1.807) is 22.6 Å². The average Bonchev–Trinajstić information content (AvgIpc) is 3.46. The number of methoxy groups -OCH3 is 1. The molecule has 2 aliphatic rings. The summed E-state index contributed by atoms with van der Waals surface area (Å²) in [6.07, 6.45) is 6.34. The first kappa shape index (κ1) is 27.6. The van der Waals surface area contributed by atoms with Crippen LogP contribution in [0.5, 0.6) is 0 Å². The quantitative estimate of drug-likeness (QED) is 0.439. The second kappa shape index (κ2) is 10.9. The zero-order chi connectivity index (χ0) is 27.9. The number of anilines is 2. The molecule has 3 aromatic rings. The van der Waals surface area contributed by atoms with Gasteiger partial charge in [-0.3, -0.25) is 9.52 Å². The Labute approximate surface area is 233 Å². The van der Waals surface area contributed by atoms with Gasteiger partial charge in [-0.05, 0) is 50.8 Å². The molecule has 3 N–H and O–H groups in total. The summed E-state index contributed by atoms with van der Waals surface area (Å²) in [7, 11) is -1.90. The molecular weight excluding hydrogens is 542 g/mol. The number of nitrogens with two attached hydrogens (primary N) is 1. The lowest BCUT2D eigenvalue weighted by atomic mass is 9.98. The van der Waals surface area contributed by atoms with Crippen LogP contribution in [0.15, 0.2) is 30.5 Å². The van der Waals surface area contributed by atoms with Gasteiger partial charge in [-0.25, -0.2) is 17.9 Å². The molecule has 11 nitrogen and oxygen atoms in total. The Morgan fingerprint density at radius 1 is 1.28 bits per heavy atom. The number of aryl methyl sites for hydroxylation is 1. The molecule has 39 heavy (non-hydrogen) atoms. The van der Waals surface area contributed by atoms with E-state index in [1.807, 2.05) is 19.2 Å². The summed E-state index contributed by atoms with van der Waals surface area (Å²) in [4.78, 5) is 22.7. The summed E-state index contributed by atoms with van der Waals surface area (Å²) in [6, 6.07) is 6.41. The van der Waals surface area contributed by atoms with Gasteiger partial charge in [0, 0.05) is 49.1 Å². The van der Waals surface area contributed by atoms with Crippen molar-refractivity contribution in [2.75, 3.05) is 42.7 Å². The van der Waals surface area contributed by atoms with Crippen molar-refractivity contribution < 1.29 is 17.9 Å². The van der Waals surface area contributed by atoms with E-state index in [4.69, 9.17) is 32.2 Å². The fourth-order valence-electron chi connectivity index (χ4n) is 5.65. The van der Waals surface area contributed by atoms with Crippen molar-refractivity contribution in [2.45, 2.75) is 50.7 Å². The van der Waals surface area contributed by atoms with Gasteiger partial charge in [0.1, 0.15) is 5.82 Å². The third-order valence-corrected chi connectivity index (χ3v) is 8.14. The van der Waals surface area contributed by atoms with E-state index in [0.717, 1.165) is 49.0 Å². The largest absolute Gasteiger partial charge is 0.383 e. The van der Waals surface area contributed by atoms with Crippen LogP contribution in [0, 0.1) is 6.92 Å². The number of nitrogens with one attached hydrogen (secondary N) is 1. The molecule has 0 spiro atoms. The Hall–Kier alpha value is -2.93. The van der Waals surface area contributed by atoms with Crippen molar-refractivity contribution in [3.8, 4) is 0 Å². The lowest BCUT2D eigenvalue weighted by Gasteiger charge is -2.35. The molecule has 3 unspecified atom stereocenters. The highest BCUT2D eigenvalue weighted by molar-refractivity contribution is 7.92. The lowest BCUT2D eigenvalue weighted by Crippen LogP contribution is -2.39. The molecule has 1 aromatic carbocycles. The molecular formula is C26H34ClN7O4S. The summed E-state index contributed by atoms with van der Waals surface area (Å²) in [5.74, 6) is 0.555. The molecule has 2 fully saturated rings. The molecule has 5 rings (SSSR count). The normalized spacial score (nSPS) is 22.0. The summed E-state index contributed by atoms with van der Waals surface area (Å²) in [5, 5.41) is 5.16. The summed E-state index contributed by atoms with van der Waals surface area (Å²) in [5.41, 5.74) is 9.06. The van der Waals surface area contributed by atoms with Crippen LogP contribution in [-0.4, -0.2) is 79.0 Å². The van der Waals surface area contributed by atoms with E-state index < -0.39 is 10.0 Å². The number of fused-ring (bicyclic) bond motifs is 1. The average molecular weight is 576 g/mol. The van der Waals surface area contributed by atoms with Gasteiger partial charge in [-0.2, -0.15) is 5.10 Å². The number of rotatable bonds is 7. The molecule has 0 bridgehead atoms. The van der Waals surface area contributed by atoms with E-state index in [1.165, 1.54) is 12.1 Å². The van der Waals surface area contributed by atoms with Crippen LogP contribution < -0.4 is 15.4 Å². The predicted molar refractivity (Wildman–Crippen MR) is 151 cm³/mol. The predicted octanol–water partition coefficient (Wildman–Crippen LogP) is 2.98. The molecule has 2 aliphatic heterocycles. The molecule has 1 amide bonds. The number of carbonyl (C=O) groups is 1. The Morgan fingerprint density at radius 3 is 2.82 bits per heavy atom. The van der Waals surface area contributed by atoms with Crippen LogP contribution >= 0.6 is 11.6 Å². The van der Waals surface area contributed by atoms with Crippen LogP contribution in [0.2, 0.25) is 5.02 Å². The Kier molecular flexibility index (Phi) is 7.73. The van der Waals surface area contributed by atoms with E-state index in [-0.39, 0.29) is 35.3 Å². The number of benzene rings is 1. The Balaban J connectivity index is 1.48. The fourth-order valence-corrected chi connectivity index (χ4v) is 6.40. The van der Waals surface area contributed by atoms with Crippen LogP contribution in [-0.2, 0) is 14.8 Å². The second-order valence-electron chi connectivity index (χ2n) is 10.5. The number of sulfonamides is 1. The number of nitrogens with zero attached hydrogens (tertiary/aromatic N) is 5. The maximum atomic E-state index is 13.8. The van der Waals surface area contributed by atoms with Gasteiger partial charge >= 0.3 is 0 Å². The number of hydrogen-bond donors (Lipinski definition) is 2. The number of piperidine rings is 1. The number of ether oxygens (including phenoxy) is 1. The summed E-state index contributed by atoms with van der Waals surface area (Å²) >= 11 is 6.21. The zero-order valence-electron chi connectivity index (χ0n) is 22.3. The standard InChI is InChI=1S/C26H34ClN7O4S/c1-16-13-34-24(29-25(16)33-14-18(28)11-19(33)15-38-2)12-22(30-34)23-6-4-5-9-32(23)26(35)20-10-17(27)7-8-21(20)31-39(3,36)37/h7-8,10,12-13,18-19,23,31H,4-6,9,11,14-15,28H2,1-3H3. The highest BCUT2D eigenvalue weighted by Gasteiger charge is 2.34. The van der Waals surface area contributed by atoms with Crippen molar-refractivity contribution in [2.24, 2.45) is 5.73 Å². The van der Waals surface area contributed by atoms with Crippen LogP contribution in [0.3, 0.4) is 0 Å². The van der Waals surface area contributed by atoms with Gasteiger partial charge < -0.3 is 20.3 Å². The van der Waals surface area contributed by atoms with Crippen LogP contribution in [0.4, 0.5) is 11.5 Å². The van der Waals surface area contributed by atoms with Gasteiger partial charge in [0.05, 0.1) is 41.9 Å². The molecule has 13 heteroatoms. The zero-order valence-corrected chi connectivity index (χ0v) is 23.9. The van der Waals surface area contributed by atoms with E-state index in [9.17, 15) is 13.2 Å². The lowest BCUT2D eigenvalue weighted by molar-refractivity contribution is 0.0607. The molecule has 0 saturated carbocycles. The van der Waals surface area contributed by atoms with Gasteiger partial charge in [0.2, 0.25) is 10.0 Å². The minimum atomic E-state index is -3.59. The number of likely N-dealkylation sites (tertiary alicyclic amines) is 1. The maximum Gasteiger partial charge on any atom is 0.256 e. The van der Waals surface area contributed by atoms with Gasteiger partial charge in [-0.15, -0.1) is 0 Å². The second-order valence-corrected chi connectivity index (χ2v) is 12.6. The van der Waals surface area contributed by atoms with Gasteiger partial charge in [0.15, 0.2) is 5.65 Å². The van der Waals surface area contributed by atoms with Crippen molar-refractivity contribution in [1.82, 2.24) is 19.5 Å². The van der Waals surface area contributed by atoms with Crippen molar-refractivity contribution in [1.29, 1.82) is 0 Å². The molecule has 4 heterocycles. The molecule has 0 radical (unpaired) electrons. The summed E-state index contributed by atoms with van der Waals surface area (Å²) < 4.78 is 33.5. The minimum absolute atomic E-state index is 0.0541. The van der Waals surface area contributed by atoms with Crippen LogP contribution in [0.1, 0.15) is 53.3 Å². The SMILES string of the molecule is COCC1CC(N)CN1c1nc2cc(C3CCCCN3C(=O)c3cc(Cl)ccc3NS(C)(=O)=O)nn2cc1C. The van der Waals surface area contributed by atoms with Gasteiger partial charge in [-0.1, -0.05) is 11.6 Å². The number of aromatic nitrogens is 3. The molecule has 210 valence electrons. The molecule has 3 atom stereocenters. The number of carbonyl (C=O) groups excluding carboxylic acids is 1. The Bertz CT molecular complexity index is 1490. The smallest absolute Gasteiger partial charge is 0.256 e. The number of halogens is 1. The molecule has 0 aliphatic carbocycles. The highest BCUT2D eigenvalue weighted by Crippen LogP contribution is 2.35. The van der Waals surface area contributed by atoms with E-state index in [2.05, 4.69) is 9.62 Å². The monoisotopic (exact) mass is 575 g/mol. The third-order valence-electron chi connectivity index (χ3n) is 7.31. The first-order valence-corrected chi connectivity index (χ1v) is 15.3. The van der Waals surface area contributed by atoms with Crippen molar-refractivity contribution in [3.05, 3.63) is 52.3 Å². The highest BCUT2D eigenvalue weighted by atomic mass is 35.5. The van der Waals surface area contributed by atoms with Crippen LogP contribution in [0.25, 0.3) is 5.65 Å². The first-order chi connectivity index (χ1) is 18.5. The number of hydrogen-bond acceptors (Lipinski definition) is 8. The van der Waals surface area contributed by atoms with E-state index in [0.29, 0.717) is 30.4 Å². The topological polar surface area (TPSA) is 135 Å². The van der Waals surface area contributed by atoms with Crippen molar-refractivity contribution in [3.63, 3.8) is 0 Å². The van der Waals surface area contributed by atoms with Gasteiger partial charge in [0.25, 0.3) is 5.91 Å². The van der Waals surface area contributed by atoms with E-state index >= 15 is 0 Å². The number of amides is 1. The van der Waals surface area contributed by atoms with Crippen molar-refractivity contribution >= 4 is 44.7 Å². The molecule has 2 saturated heterocycles. The third kappa shape index (κ3) is 5.84. The first-order valence-electron chi connectivity index (χ1n) is 13.0. The minimum Gasteiger partial charge on any atom is -0.383 e. The maximum absolute atomic E-state index is 13.8. The fraction of sp³-hybridized carbons (Fsp3) is 0.500. The molecule has 2 aromatic heterocycles. The Morgan fingerprint density at radius 2 is 2.08 bits per heavy atom.